The van der Waals surface area contributed by atoms with Crippen LogP contribution in [0.3, 0.4) is 0 Å². The number of hydrogen-bond donors (Lipinski definition) is 2. The Hall–Kier alpha value is -3.07. The zero-order chi connectivity index (χ0) is 24.0. The largest absolute Gasteiger partial charge is 0.348 e. The van der Waals surface area contributed by atoms with Gasteiger partial charge in [0.05, 0.1) is 33.2 Å². The Bertz CT molecular complexity index is 1270. The van der Waals surface area contributed by atoms with Gasteiger partial charge in [0.2, 0.25) is 15.9 Å². The SMILES string of the molecule is CS(=O)(=O)N(CC(=O)Nc1ccccc1C(=O)NCc1ccccc1)c1ccc(Cl)c(Cl)c1. The molecule has 0 aromatic heterocycles. The summed E-state index contributed by atoms with van der Waals surface area (Å²) in [5.41, 5.74) is 1.63. The molecule has 0 heterocycles. The molecule has 0 atom stereocenters. The molecule has 0 aliphatic carbocycles. The van der Waals surface area contributed by atoms with Gasteiger partial charge in [-0.2, -0.15) is 0 Å². The lowest BCUT2D eigenvalue weighted by Gasteiger charge is -2.22. The third-order valence-electron chi connectivity index (χ3n) is 4.62. The number of anilines is 2. The smallest absolute Gasteiger partial charge is 0.253 e. The maximum Gasteiger partial charge on any atom is 0.253 e. The highest BCUT2D eigenvalue weighted by Crippen LogP contribution is 2.28. The van der Waals surface area contributed by atoms with Crippen LogP contribution < -0.4 is 14.9 Å². The highest BCUT2D eigenvalue weighted by Gasteiger charge is 2.22. The van der Waals surface area contributed by atoms with E-state index >= 15 is 0 Å². The number of rotatable bonds is 8. The lowest BCUT2D eigenvalue weighted by molar-refractivity contribution is -0.114. The quantitative estimate of drug-likeness (QED) is 0.476. The molecule has 0 unspecified atom stereocenters. The third kappa shape index (κ3) is 6.71. The molecule has 3 aromatic carbocycles. The van der Waals surface area contributed by atoms with E-state index in [0.717, 1.165) is 16.1 Å². The molecule has 0 radical (unpaired) electrons. The average molecular weight is 506 g/mol. The van der Waals surface area contributed by atoms with Crippen molar-refractivity contribution in [1.82, 2.24) is 5.32 Å². The molecule has 33 heavy (non-hydrogen) atoms. The van der Waals surface area contributed by atoms with Crippen molar-refractivity contribution < 1.29 is 18.0 Å². The molecular weight excluding hydrogens is 485 g/mol. The summed E-state index contributed by atoms with van der Waals surface area (Å²) >= 11 is 11.9. The predicted octanol–water partition coefficient (Wildman–Crippen LogP) is 4.33. The molecule has 3 rings (SSSR count). The van der Waals surface area contributed by atoms with E-state index in [2.05, 4.69) is 10.6 Å². The van der Waals surface area contributed by atoms with Crippen LogP contribution in [-0.2, 0) is 21.4 Å². The van der Waals surface area contributed by atoms with Crippen molar-refractivity contribution in [2.24, 2.45) is 0 Å². The number of sulfonamides is 1. The summed E-state index contributed by atoms with van der Waals surface area (Å²) in [5, 5.41) is 5.84. The summed E-state index contributed by atoms with van der Waals surface area (Å²) in [6.07, 6.45) is 0.980. The van der Waals surface area contributed by atoms with Crippen molar-refractivity contribution in [3.8, 4) is 0 Å². The Labute approximate surface area is 202 Å². The number of nitrogens with one attached hydrogen (secondary N) is 2. The first-order valence-corrected chi connectivity index (χ1v) is 12.4. The zero-order valence-corrected chi connectivity index (χ0v) is 19.9. The normalized spacial score (nSPS) is 11.0. The lowest BCUT2D eigenvalue weighted by atomic mass is 10.1. The predicted molar refractivity (Wildman–Crippen MR) is 131 cm³/mol. The van der Waals surface area contributed by atoms with Gasteiger partial charge in [-0.1, -0.05) is 65.7 Å². The van der Waals surface area contributed by atoms with Gasteiger partial charge in [-0.15, -0.1) is 0 Å². The Morgan fingerprint density at radius 3 is 2.24 bits per heavy atom. The first kappa shape index (κ1) is 24.6. The summed E-state index contributed by atoms with van der Waals surface area (Å²) in [7, 11) is -3.81. The second kappa shape index (κ2) is 10.7. The molecule has 0 aliphatic rings. The van der Waals surface area contributed by atoms with E-state index in [0.29, 0.717) is 6.54 Å². The highest BCUT2D eigenvalue weighted by atomic mass is 35.5. The minimum absolute atomic E-state index is 0.156. The standard InChI is InChI=1S/C23H21Cl2N3O4S/c1-33(31,32)28(17-11-12-19(24)20(25)13-17)15-22(29)27-21-10-6-5-9-18(21)23(30)26-14-16-7-3-2-4-8-16/h2-13H,14-15H2,1H3,(H,26,30)(H,27,29). The Kier molecular flexibility index (Phi) is 7.97. The van der Waals surface area contributed by atoms with Crippen LogP contribution in [0.5, 0.6) is 0 Å². The number of nitrogens with zero attached hydrogens (tertiary/aromatic N) is 1. The molecule has 0 bridgehead atoms. The fraction of sp³-hybridized carbons (Fsp3) is 0.130. The van der Waals surface area contributed by atoms with E-state index in [9.17, 15) is 18.0 Å². The van der Waals surface area contributed by atoms with Crippen molar-refractivity contribution in [2.45, 2.75) is 6.54 Å². The average Bonchev–Trinajstić information content (AvgIpc) is 2.78. The topological polar surface area (TPSA) is 95.6 Å². The van der Waals surface area contributed by atoms with Gasteiger partial charge in [-0.05, 0) is 35.9 Å². The second-order valence-corrected chi connectivity index (χ2v) is 9.85. The van der Waals surface area contributed by atoms with Gasteiger partial charge in [0, 0.05) is 6.54 Å². The number of carbonyl (C=O) groups is 2. The van der Waals surface area contributed by atoms with E-state index in [-0.39, 0.29) is 32.9 Å². The van der Waals surface area contributed by atoms with Crippen LogP contribution in [0.1, 0.15) is 15.9 Å². The molecule has 10 heteroatoms. The molecule has 2 N–H and O–H groups in total. The van der Waals surface area contributed by atoms with Crippen molar-refractivity contribution >= 4 is 56.4 Å². The fourth-order valence-corrected chi connectivity index (χ4v) is 4.16. The van der Waals surface area contributed by atoms with Crippen LogP contribution >= 0.6 is 23.2 Å². The minimum atomic E-state index is -3.81. The van der Waals surface area contributed by atoms with Crippen LogP contribution in [0.4, 0.5) is 11.4 Å². The highest BCUT2D eigenvalue weighted by molar-refractivity contribution is 7.92. The van der Waals surface area contributed by atoms with Gasteiger partial charge in [0.15, 0.2) is 0 Å². The van der Waals surface area contributed by atoms with Crippen molar-refractivity contribution in [3.63, 3.8) is 0 Å². The number of carbonyl (C=O) groups excluding carboxylic acids is 2. The van der Waals surface area contributed by atoms with Crippen molar-refractivity contribution in [2.75, 3.05) is 22.4 Å². The van der Waals surface area contributed by atoms with E-state index < -0.39 is 22.5 Å². The summed E-state index contributed by atoms with van der Waals surface area (Å²) in [4.78, 5) is 25.4. The lowest BCUT2D eigenvalue weighted by Crippen LogP contribution is -2.37. The van der Waals surface area contributed by atoms with Gasteiger partial charge in [-0.3, -0.25) is 13.9 Å². The second-order valence-electron chi connectivity index (χ2n) is 7.13. The number of para-hydroxylation sites is 1. The first-order chi connectivity index (χ1) is 15.6. The van der Waals surface area contributed by atoms with Crippen LogP contribution in [0, 0.1) is 0 Å². The van der Waals surface area contributed by atoms with E-state index in [1.54, 1.807) is 24.3 Å². The molecule has 0 spiro atoms. The Morgan fingerprint density at radius 1 is 0.909 bits per heavy atom. The van der Waals surface area contributed by atoms with Gasteiger partial charge in [-0.25, -0.2) is 8.42 Å². The Morgan fingerprint density at radius 2 is 1.58 bits per heavy atom. The Balaban J connectivity index is 1.75. The summed E-state index contributed by atoms with van der Waals surface area (Å²) in [5.74, 6) is -1.01. The molecule has 172 valence electrons. The minimum Gasteiger partial charge on any atom is -0.348 e. The maximum atomic E-state index is 12.7. The molecular formula is C23H21Cl2N3O4S. The van der Waals surface area contributed by atoms with Crippen LogP contribution in [-0.4, -0.2) is 33.0 Å². The van der Waals surface area contributed by atoms with Gasteiger partial charge >= 0.3 is 0 Å². The van der Waals surface area contributed by atoms with Crippen LogP contribution in [0.2, 0.25) is 10.0 Å². The number of amides is 2. The molecule has 7 nitrogen and oxygen atoms in total. The van der Waals surface area contributed by atoms with Gasteiger partial charge < -0.3 is 10.6 Å². The summed E-state index contributed by atoms with van der Waals surface area (Å²) in [6, 6.07) is 20.1. The number of halogens is 2. The van der Waals surface area contributed by atoms with Crippen molar-refractivity contribution in [1.29, 1.82) is 0 Å². The maximum absolute atomic E-state index is 12.7. The first-order valence-electron chi connectivity index (χ1n) is 9.79. The van der Waals surface area contributed by atoms with E-state index in [4.69, 9.17) is 23.2 Å². The number of benzene rings is 3. The number of hydrogen-bond acceptors (Lipinski definition) is 4. The van der Waals surface area contributed by atoms with Gasteiger partial charge in [0.1, 0.15) is 6.54 Å². The molecule has 0 aliphatic heterocycles. The van der Waals surface area contributed by atoms with Gasteiger partial charge in [0.25, 0.3) is 5.91 Å². The third-order valence-corrected chi connectivity index (χ3v) is 6.50. The molecule has 0 fully saturated rings. The van der Waals surface area contributed by atoms with Crippen LogP contribution in [0.25, 0.3) is 0 Å². The molecule has 0 saturated heterocycles. The molecule has 2 amide bonds. The monoisotopic (exact) mass is 505 g/mol. The van der Waals surface area contributed by atoms with E-state index in [1.165, 1.54) is 18.2 Å². The zero-order valence-electron chi connectivity index (χ0n) is 17.6. The van der Waals surface area contributed by atoms with Crippen molar-refractivity contribution in [3.05, 3.63) is 94.0 Å². The molecule has 0 saturated carbocycles. The van der Waals surface area contributed by atoms with Crippen LogP contribution in [0.15, 0.2) is 72.8 Å². The summed E-state index contributed by atoms with van der Waals surface area (Å²) in [6.45, 7) is -0.197. The fourth-order valence-electron chi connectivity index (χ4n) is 3.02. The summed E-state index contributed by atoms with van der Waals surface area (Å²) < 4.78 is 25.5. The molecule has 3 aromatic rings. The van der Waals surface area contributed by atoms with E-state index in [1.807, 2.05) is 30.3 Å².